The van der Waals surface area contributed by atoms with Crippen molar-refractivity contribution in [1.82, 2.24) is 0 Å². The van der Waals surface area contributed by atoms with Crippen LogP contribution in [0, 0.1) is 0 Å². The van der Waals surface area contributed by atoms with E-state index in [4.69, 9.17) is 0 Å². The number of hydrogen-bond donors (Lipinski definition) is 0. The Balaban J connectivity index is 2.56. The summed E-state index contributed by atoms with van der Waals surface area (Å²) in [5.41, 5.74) is 2.37. The molecule has 4 heteroatoms. The molecule has 0 fully saturated rings. The van der Waals surface area contributed by atoms with Gasteiger partial charge in [-0.25, -0.2) is 0 Å². The van der Waals surface area contributed by atoms with Crippen molar-refractivity contribution in [3.05, 3.63) is 54.1 Å². The fraction of sp³-hybridized carbons (Fsp3) is 0.143. The van der Waals surface area contributed by atoms with E-state index in [1.807, 2.05) is 30.3 Å². The third-order valence-electron chi connectivity index (χ3n) is 2.81. The SMILES string of the molecule is CCc1cc(-c2ccccc2)ccc1S(=O)(=O)F. The fourth-order valence-electron chi connectivity index (χ4n) is 1.90. The second kappa shape index (κ2) is 4.90. The smallest absolute Gasteiger partial charge is 0.189 e. The van der Waals surface area contributed by atoms with Crippen molar-refractivity contribution in [2.24, 2.45) is 0 Å². The van der Waals surface area contributed by atoms with Crippen LogP contribution in [-0.4, -0.2) is 8.42 Å². The highest BCUT2D eigenvalue weighted by atomic mass is 32.3. The molecule has 0 unspecified atom stereocenters. The molecule has 2 aromatic rings. The standard InChI is InChI=1S/C14H13FO2S/c1-2-11-10-13(12-6-4-3-5-7-12)8-9-14(11)18(15,16)17/h3-10H,2H2,1H3. The highest BCUT2D eigenvalue weighted by Crippen LogP contribution is 2.26. The van der Waals surface area contributed by atoms with Gasteiger partial charge in [0, 0.05) is 0 Å². The first-order valence-electron chi connectivity index (χ1n) is 5.65. The lowest BCUT2D eigenvalue weighted by atomic mass is 10.0. The zero-order valence-electron chi connectivity index (χ0n) is 9.93. The molecule has 0 amide bonds. The number of aryl methyl sites for hydroxylation is 1. The van der Waals surface area contributed by atoms with Crippen LogP contribution < -0.4 is 0 Å². The van der Waals surface area contributed by atoms with Gasteiger partial charge in [-0.1, -0.05) is 43.3 Å². The third-order valence-corrected chi connectivity index (χ3v) is 3.73. The minimum Gasteiger partial charge on any atom is -0.189 e. The summed E-state index contributed by atoms with van der Waals surface area (Å²) in [6.07, 6.45) is 0.471. The lowest BCUT2D eigenvalue weighted by molar-refractivity contribution is 0.551. The summed E-state index contributed by atoms with van der Waals surface area (Å²) in [7, 11) is -4.64. The van der Waals surface area contributed by atoms with Gasteiger partial charge in [0.2, 0.25) is 0 Å². The molecule has 0 radical (unpaired) electrons. The molecular formula is C14H13FO2S. The molecule has 2 nitrogen and oxygen atoms in total. The topological polar surface area (TPSA) is 34.1 Å². The first-order valence-corrected chi connectivity index (χ1v) is 7.03. The molecule has 0 N–H and O–H groups in total. The van der Waals surface area contributed by atoms with E-state index in [0.717, 1.165) is 11.1 Å². The molecule has 0 aliphatic heterocycles. The summed E-state index contributed by atoms with van der Waals surface area (Å²) in [4.78, 5) is -0.232. The van der Waals surface area contributed by atoms with Gasteiger partial charge in [-0.2, -0.15) is 8.42 Å². The molecule has 0 atom stereocenters. The maximum Gasteiger partial charge on any atom is 0.332 e. The molecule has 0 saturated carbocycles. The van der Waals surface area contributed by atoms with Crippen LogP contribution in [0.1, 0.15) is 12.5 Å². The fourth-order valence-corrected chi connectivity index (χ4v) is 2.65. The van der Waals surface area contributed by atoms with Crippen LogP contribution in [0.4, 0.5) is 3.89 Å². The highest BCUT2D eigenvalue weighted by Gasteiger charge is 2.16. The van der Waals surface area contributed by atoms with Crippen molar-refractivity contribution in [3.63, 3.8) is 0 Å². The van der Waals surface area contributed by atoms with Crippen LogP contribution in [0.25, 0.3) is 11.1 Å². The lowest BCUT2D eigenvalue weighted by Gasteiger charge is -2.07. The van der Waals surface area contributed by atoms with E-state index in [9.17, 15) is 12.3 Å². The summed E-state index contributed by atoms with van der Waals surface area (Å²) < 4.78 is 35.1. The first kappa shape index (κ1) is 12.8. The van der Waals surface area contributed by atoms with E-state index in [1.54, 1.807) is 19.1 Å². The van der Waals surface area contributed by atoms with Crippen LogP contribution in [0.3, 0.4) is 0 Å². The van der Waals surface area contributed by atoms with Gasteiger partial charge < -0.3 is 0 Å². The van der Waals surface area contributed by atoms with Crippen molar-refractivity contribution in [3.8, 4) is 11.1 Å². The minimum absolute atomic E-state index is 0.232. The maximum atomic E-state index is 13.1. The number of benzene rings is 2. The van der Waals surface area contributed by atoms with Gasteiger partial charge in [0.15, 0.2) is 0 Å². The van der Waals surface area contributed by atoms with E-state index in [0.29, 0.717) is 12.0 Å². The van der Waals surface area contributed by atoms with E-state index in [-0.39, 0.29) is 4.90 Å². The van der Waals surface area contributed by atoms with Crippen LogP contribution in [0.5, 0.6) is 0 Å². The summed E-state index contributed by atoms with van der Waals surface area (Å²) >= 11 is 0. The zero-order chi connectivity index (χ0) is 13.2. The van der Waals surface area contributed by atoms with Gasteiger partial charge in [0.05, 0.1) is 0 Å². The van der Waals surface area contributed by atoms with E-state index < -0.39 is 10.2 Å². The Morgan fingerprint density at radius 1 is 1.00 bits per heavy atom. The van der Waals surface area contributed by atoms with E-state index in [1.165, 1.54) is 6.07 Å². The maximum absolute atomic E-state index is 13.1. The molecule has 2 aromatic carbocycles. The van der Waals surface area contributed by atoms with Gasteiger partial charge in [-0.05, 0) is 35.2 Å². The van der Waals surface area contributed by atoms with Crippen LogP contribution in [0.15, 0.2) is 53.4 Å². The second-order valence-corrected chi connectivity index (χ2v) is 5.30. The summed E-state index contributed by atoms with van der Waals surface area (Å²) in [5, 5.41) is 0. The first-order chi connectivity index (χ1) is 8.52. The average molecular weight is 264 g/mol. The molecule has 18 heavy (non-hydrogen) atoms. The molecule has 0 aliphatic rings. The summed E-state index contributed by atoms with van der Waals surface area (Å²) in [6, 6.07) is 14.3. The molecule has 0 heterocycles. The monoisotopic (exact) mass is 264 g/mol. The third kappa shape index (κ3) is 2.59. The highest BCUT2D eigenvalue weighted by molar-refractivity contribution is 7.86. The van der Waals surface area contributed by atoms with Crippen molar-refractivity contribution >= 4 is 10.2 Å². The van der Waals surface area contributed by atoms with Crippen LogP contribution >= 0.6 is 0 Å². The Bertz CT molecular complexity index is 649. The normalized spacial score (nSPS) is 11.4. The Labute approximate surface area is 106 Å². The number of hydrogen-bond acceptors (Lipinski definition) is 2. The molecule has 0 saturated heterocycles. The predicted octanol–water partition coefficient (Wildman–Crippen LogP) is 3.57. The minimum atomic E-state index is -4.64. The molecule has 0 aliphatic carbocycles. The Kier molecular flexibility index (Phi) is 3.48. The summed E-state index contributed by atoms with van der Waals surface area (Å²) in [6.45, 7) is 1.80. The molecule has 0 aromatic heterocycles. The predicted molar refractivity (Wildman–Crippen MR) is 69.5 cm³/mol. The van der Waals surface area contributed by atoms with Crippen molar-refractivity contribution < 1.29 is 12.3 Å². The quantitative estimate of drug-likeness (QED) is 0.794. The van der Waals surface area contributed by atoms with Gasteiger partial charge >= 0.3 is 10.2 Å². The Morgan fingerprint density at radius 2 is 1.67 bits per heavy atom. The van der Waals surface area contributed by atoms with Gasteiger partial charge in [0.25, 0.3) is 0 Å². The number of rotatable bonds is 3. The van der Waals surface area contributed by atoms with Crippen LogP contribution in [0.2, 0.25) is 0 Å². The largest absolute Gasteiger partial charge is 0.332 e. The van der Waals surface area contributed by atoms with Crippen molar-refractivity contribution in [2.75, 3.05) is 0 Å². The van der Waals surface area contributed by atoms with Gasteiger partial charge in [-0.3, -0.25) is 0 Å². The molecule has 2 rings (SSSR count). The van der Waals surface area contributed by atoms with E-state index in [2.05, 4.69) is 0 Å². The molecule has 94 valence electrons. The zero-order valence-corrected chi connectivity index (χ0v) is 10.7. The second-order valence-electron chi connectivity index (χ2n) is 3.98. The Hall–Kier alpha value is -1.68. The van der Waals surface area contributed by atoms with Gasteiger partial charge in [-0.15, -0.1) is 3.89 Å². The van der Waals surface area contributed by atoms with Gasteiger partial charge in [0.1, 0.15) is 4.90 Å². The lowest BCUT2D eigenvalue weighted by Crippen LogP contribution is -1.98. The Morgan fingerprint density at radius 3 is 2.22 bits per heavy atom. The molecule has 0 spiro atoms. The summed E-state index contributed by atoms with van der Waals surface area (Å²) in [5.74, 6) is 0. The average Bonchev–Trinajstić information content (AvgIpc) is 2.38. The van der Waals surface area contributed by atoms with Crippen LogP contribution in [-0.2, 0) is 16.6 Å². The molecule has 0 bridgehead atoms. The number of halogens is 1. The van der Waals surface area contributed by atoms with E-state index >= 15 is 0 Å². The molecular weight excluding hydrogens is 251 g/mol. The van der Waals surface area contributed by atoms with Crippen molar-refractivity contribution in [2.45, 2.75) is 18.2 Å². The van der Waals surface area contributed by atoms with Crippen molar-refractivity contribution in [1.29, 1.82) is 0 Å².